The van der Waals surface area contributed by atoms with Gasteiger partial charge in [0.05, 0.1) is 11.3 Å². The minimum atomic E-state index is -0.468. The first-order chi connectivity index (χ1) is 8.98. The van der Waals surface area contributed by atoms with Gasteiger partial charge in [-0.05, 0) is 24.8 Å². The Kier molecular flexibility index (Phi) is 5.47. The van der Waals surface area contributed by atoms with Gasteiger partial charge in [0.2, 0.25) is 5.91 Å². The second-order valence-electron chi connectivity index (χ2n) is 5.10. The third-order valence-electron chi connectivity index (χ3n) is 3.47. The Morgan fingerprint density at radius 2 is 2.15 bits per heavy atom. The van der Waals surface area contributed by atoms with E-state index in [0.29, 0.717) is 12.1 Å². The van der Waals surface area contributed by atoms with Crippen molar-refractivity contribution in [2.45, 2.75) is 31.2 Å². The number of nitro benzene ring substituents is 1. The minimum Gasteiger partial charge on any atom is -0.354 e. The largest absolute Gasteiger partial charge is 0.354 e. The Labute approximate surface area is 123 Å². The highest BCUT2D eigenvalue weighted by atomic mass is 35.5. The van der Waals surface area contributed by atoms with Crippen molar-refractivity contribution in [1.82, 2.24) is 5.32 Å². The molecular weight excluding hydrogens is 282 g/mol. The average molecular weight is 300 g/mol. The zero-order chi connectivity index (χ0) is 13.9. The highest BCUT2D eigenvalue weighted by Gasteiger charge is 2.32. The molecule has 0 heterocycles. The second kappa shape index (κ2) is 6.67. The SMILES string of the molecule is Cl.NC1(CNC(=O)Cc2cccc([N+](=O)[O-])c2)CCC1. The molecule has 0 aromatic heterocycles. The molecule has 1 amide bonds. The molecule has 1 fully saturated rings. The van der Waals surface area contributed by atoms with E-state index in [1.165, 1.54) is 12.1 Å². The lowest BCUT2D eigenvalue weighted by molar-refractivity contribution is -0.384. The van der Waals surface area contributed by atoms with Crippen LogP contribution in [0.1, 0.15) is 24.8 Å². The summed E-state index contributed by atoms with van der Waals surface area (Å²) in [7, 11) is 0. The number of rotatable bonds is 5. The summed E-state index contributed by atoms with van der Waals surface area (Å²) in [4.78, 5) is 21.9. The van der Waals surface area contributed by atoms with Crippen molar-refractivity contribution in [3.63, 3.8) is 0 Å². The van der Waals surface area contributed by atoms with E-state index in [-0.39, 0.29) is 36.0 Å². The van der Waals surface area contributed by atoms with Crippen LogP contribution in [0.3, 0.4) is 0 Å². The molecule has 0 unspecified atom stereocenters. The van der Waals surface area contributed by atoms with E-state index in [0.717, 1.165) is 19.3 Å². The van der Waals surface area contributed by atoms with Gasteiger partial charge in [0.15, 0.2) is 0 Å². The lowest BCUT2D eigenvalue weighted by Crippen LogP contribution is -2.55. The van der Waals surface area contributed by atoms with Gasteiger partial charge >= 0.3 is 0 Å². The third-order valence-corrected chi connectivity index (χ3v) is 3.47. The fraction of sp³-hybridized carbons (Fsp3) is 0.462. The second-order valence-corrected chi connectivity index (χ2v) is 5.10. The number of carbonyl (C=O) groups excluding carboxylic acids is 1. The summed E-state index contributed by atoms with van der Waals surface area (Å²) in [6.45, 7) is 0.473. The smallest absolute Gasteiger partial charge is 0.269 e. The van der Waals surface area contributed by atoms with E-state index >= 15 is 0 Å². The average Bonchev–Trinajstić information content (AvgIpc) is 2.34. The first-order valence-electron chi connectivity index (χ1n) is 6.27. The summed E-state index contributed by atoms with van der Waals surface area (Å²) in [5.41, 5.74) is 6.38. The first-order valence-corrected chi connectivity index (χ1v) is 6.27. The summed E-state index contributed by atoms with van der Waals surface area (Å²) < 4.78 is 0. The third kappa shape index (κ3) is 4.18. The zero-order valence-corrected chi connectivity index (χ0v) is 11.8. The number of nitro groups is 1. The summed E-state index contributed by atoms with van der Waals surface area (Å²) >= 11 is 0. The van der Waals surface area contributed by atoms with Crippen LogP contribution in [0.5, 0.6) is 0 Å². The van der Waals surface area contributed by atoms with Crippen molar-refractivity contribution in [2.24, 2.45) is 5.73 Å². The van der Waals surface area contributed by atoms with Crippen LogP contribution in [0.4, 0.5) is 5.69 Å². The summed E-state index contributed by atoms with van der Waals surface area (Å²) in [6.07, 6.45) is 3.11. The molecule has 1 aromatic carbocycles. The van der Waals surface area contributed by atoms with Crippen LogP contribution in [0.25, 0.3) is 0 Å². The maximum Gasteiger partial charge on any atom is 0.269 e. The zero-order valence-electron chi connectivity index (χ0n) is 11.0. The lowest BCUT2D eigenvalue weighted by atomic mass is 9.78. The maximum absolute atomic E-state index is 11.7. The van der Waals surface area contributed by atoms with Gasteiger partial charge in [0, 0.05) is 24.2 Å². The van der Waals surface area contributed by atoms with E-state index in [9.17, 15) is 14.9 Å². The summed E-state index contributed by atoms with van der Waals surface area (Å²) in [6, 6.07) is 6.11. The Morgan fingerprint density at radius 1 is 1.45 bits per heavy atom. The summed E-state index contributed by atoms with van der Waals surface area (Å²) in [5.74, 6) is -0.155. The number of hydrogen-bond acceptors (Lipinski definition) is 4. The number of nitrogens with two attached hydrogens (primary N) is 1. The Morgan fingerprint density at radius 3 is 2.70 bits per heavy atom. The van der Waals surface area contributed by atoms with E-state index in [2.05, 4.69) is 5.32 Å². The molecule has 3 N–H and O–H groups in total. The Bertz CT molecular complexity index is 503. The predicted molar refractivity (Wildman–Crippen MR) is 77.8 cm³/mol. The molecule has 1 saturated carbocycles. The fourth-order valence-corrected chi connectivity index (χ4v) is 2.11. The Balaban J connectivity index is 0.00000200. The van der Waals surface area contributed by atoms with Crippen molar-refractivity contribution in [1.29, 1.82) is 0 Å². The molecular formula is C13H18ClN3O3. The number of benzene rings is 1. The quantitative estimate of drug-likeness (QED) is 0.636. The number of nitrogens with one attached hydrogen (secondary N) is 1. The fourth-order valence-electron chi connectivity index (χ4n) is 2.11. The van der Waals surface area contributed by atoms with Gasteiger partial charge in [-0.1, -0.05) is 12.1 Å². The maximum atomic E-state index is 11.7. The molecule has 20 heavy (non-hydrogen) atoms. The number of nitrogens with zero attached hydrogens (tertiary/aromatic N) is 1. The number of non-ortho nitro benzene ring substituents is 1. The van der Waals surface area contributed by atoms with Crippen molar-refractivity contribution in [2.75, 3.05) is 6.54 Å². The van der Waals surface area contributed by atoms with E-state index in [4.69, 9.17) is 5.73 Å². The van der Waals surface area contributed by atoms with Crippen molar-refractivity contribution < 1.29 is 9.72 Å². The molecule has 6 nitrogen and oxygen atoms in total. The Hall–Kier alpha value is -1.66. The van der Waals surface area contributed by atoms with Gasteiger partial charge in [0.1, 0.15) is 0 Å². The van der Waals surface area contributed by atoms with Crippen LogP contribution in [-0.2, 0) is 11.2 Å². The molecule has 1 aliphatic rings. The first kappa shape index (κ1) is 16.4. The molecule has 1 aliphatic carbocycles. The molecule has 0 spiro atoms. The molecule has 0 atom stereocenters. The van der Waals surface area contributed by atoms with Gasteiger partial charge in [-0.15, -0.1) is 12.4 Å². The van der Waals surface area contributed by atoms with Crippen LogP contribution >= 0.6 is 12.4 Å². The van der Waals surface area contributed by atoms with Crippen molar-refractivity contribution in [3.8, 4) is 0 Å². The molecule has 0 saturated heterocycles. The molecule has 110 valence electrons. The highest BCUT2D eigenvalue weighted by Crippen LogP contribution is 2.28. The normalized spacial score (nSPS) is 15.7. The summed E-state index contributed by atoms with van der Waals surface area (Å²) in [5, 5.41) is 13.4. The van der Waals surface area contributed by atoms with Gasteiger partial charge in [-0.2, -0.15) is 0 Å². The van der Waals surface area contributed by atoms with E-state index in [1.54, 1.807) is 12.1 Å². The predicted octanol–water partition coefficient (Wildman–Crippen LogP) is 1.56. The number of hydrogen-bond donors (Lipinski definition) is 2. The molecule has 0 radical (unpaired) electrons. The van der Waals surface area contributed by atoms with Gasteiger partial charge in [-0.3, -0.25) is 14.9 Å². The lowest BCUT2D eigenvalue weighted by Gasteiger charge is -2.38. The van der Waals surface area contributed by atoms with Gasteiger partial charge in [-0.25, -0.2) is 0 Å². The molecule has 2 rings (SSSR count). The van der Waals surface area contributed by atoms with E-state index in [1.807, 2.05) is 0 Å². The molecule has 7 heteroatoms. The van der Waals surface area contributed by atoms with Crippen LogP contribution in [-0.4, -0.2) is 22.9 Å². The molecule has 0 bridgehead atoms. The standard InChI is InChI=1S/C13H17N3O3.ClH/c14-13(5-2-6-13)9-15-12(17)8-10-3-1-4-11(7-10)16(18)19;/h1,3-4,7H,2,5-6,8-9,14H2,(H,15,17);1H. The topological polar surface area (TPSA) is 98.3 Å². The van der Waals surface area contributed by atoms with Crippen LogP contribution in [0, 0.1) is 10.1 Å². The van der Waals surface area contributed by atoms with Crippen LogP contribution in [0.2, 0.25) is 0 Å². The highest BCUT2D eigenvalue weighted by molar-refractivity contribution is 5.85. The van der Waals surface area contributed by atoms with Gasteiger partial charge < -0.3 is 11.1 Å². The molecule has 1 aromatic rings. The molecule has 0 aliphatic heterocycles. The number of carbonyl (C=O) groups is 1. The van der Waals surface area contributed by atoms with Crippen LogP contribution in [0.15, 0.2) is 24.3 Å². The van der Waals surface area contributed by atoms with Crippen molar-refractivity contribution in [3.05, 3.63) is 39.9 Å². The van der Waals surface area contributed by atoms with Crippen molar-refractivity contribution >= 4 is 24.0 Å². The minimum absolute atomic E-state index is 0. The van der Waals surface area contributed by atoms with Gasteiger partial charge in [0.25, 0.3) is 5.69 Å². The number of amides is 1. The monoisotopic (exact) mass is 299 g/mol. The number of halogens is 1. The van der Waals surface area contributed by atoms with E-state index < -0.39 is 4.92 Å². The van der Waals surface area contributed by atoms with Crippen LogP contribution < -0.4 is 11.1 Å².